The van der Waals surface area contributed by atoms with E-state index < -0.39 is 0 Å². The van der Waals surface area contributed by atoms with E-state index in [2.05, 4.69) is 0 Å². The first-order valence-electron chi connectivity index (χ1n) is 6.75. The van der Waals surface area contributed by atoms with Gasteiger partial charge in [0.25, 0.3) is 5.56 Å². The van der Waals surface area contributed by atoms with Crippen molar-refractivity contribution in [3.8, 4) is 5.75 Å². The summed E-state index contributed by atoms with van der Waals surface area (Å²) in [4.78, 5) is 11.8. The van der Waals surface area contributed by atoms with Crippen LogP contribution >= 0.6 is 0 Å². The molecule has 0 spiro atoms. The van der Waals surface area contributed by atoms with Gasteiger partial charge in [0.05, 0.1) is 6.61 Å². The number of rotatable bonds is 5. The van der Waals surface area contributed by atoms with E-state index >= 15 is 0 Å². The second-order valence-corrected chi connectivity index (χ2v) is 4.80. The van der Waals surface area contributed by atoms with Crippen molar-refractivity contribution in [3.05, 3.63) is 64.1 Å². The number of hydrogen-bond donors (Lipinski definition) is 1. The molecular weight excluding hydrogens is 252 g/mol. The van der Waals surface area contributed by atoms with E-state index in [9.17, 15) is 4.79 Å². The third-order valence-corrected chi connectivity index (χ3v) is 3.16. The smallest absolute Gasteiger partial charge is 0.250 e. The molecule has 20 heavy (non-hydrogen) atoms. The monoisotopic (exact) mass is 272 g/mol. The molecule has 1 aromatic carbocycles. The third-order valence-electron chi connectivity index (χ3n) is 3.16. The molecule has 4 nitrogen and oxygen atoms in total. The van der Waals surface area contributed by atoms with Crippen LogP contribution in [0.5, 0.6) is 5.75 Å². The number of aryl methyl sites for hydroxylation is 1. The molecule has 0 aliphatic carbocycles. The van der Waals surface area contributed by atoms with Gasteiger partial charge in [-0.3, -0.25) is 4.79 Å². The fourth-order valence-electron chi connectivity index (χ4n) is 2.05. The molecule has 0 amide bonds. The topological polar surface area (TPSA) is 57.2 Å². The Kier molecular flexibility index (Phi) is 4.58. The largest absolute Gasteiger partial charge is 0.494 e. The van der Waals surface area contributed by atoms with Crippen LogP contribution in [0.25, 0.3) is 0 Å². The van der Waals surface area contributed by atoms with E-state index in [-0.39, 0.29) is 11.6 Å². The lowest BCUT2D eigenvalue weighted by molar-refractivity contribution is 0.340. The predicted octanol–water partition coefficient (Wildman–Crippen LogP) is 2.26. The van der Waals surface area contributed by atoms with Crippen LogP contribution in [-0.4, -0.2) is 11.2 Å². The Morgan fingerprint density at radius 3 is 2.55 bits per heavy atom. The van der Waals surface area contributed by atoms with E-state index in [0.29, 0.717) is 13.2 Å². The Morgan fingerprint density at radius 2 is 1.95 bits per heavy atom. The maximum Gasteiger partial charge on any atom is 0.250 e. The summed E-state index contributed by atoms with van der Waals surface area (Å²) in [7, 11) is 0. The molecule has 2 rings (SSSR count). The van der Waals surface area contributed by atoms with Gasteiger partial charge >= 0.3 is 0 Å². The lowest BCUT2D eigenvalue weighted by Crippen LogP contribution is -2.26. The van der Waals surface area contributed by atoms with Gasteiger partial charge in [-0.15, -0.1) is 0 Å². The Hall–Kier alpha value is -2.07. The summed E-state index contributed by atoms with van der Waals surface area (Å²) in [6.07, 6.45) is 1.78. The number of nitrogens with two attached hydrogens (primary N) is 1. The summed E-state index contributed by atoms with van der Waals surface area (Å²) in [6, 6.07) is 11.0. The van der Waals surface area contributed by atoms with Crippen molar-refractivity contribution < 1.29 is 4.74 Å². The molecule has 1 aromatic heterocycles. The lowest BCUT2D eigenvalue weighted by atomic mass is 10.1. The van der Waals surface area contributed by atoms with Gasteiger partial charge in [0.1, 0.15) is 5.75 Å². The quantitative estimate of drug-likeness (QED) is 0.908. The van der Waals surface area contributed by atoms with Gasteiger partial charge in [-0.1, -0.05) is 12.1 Å². The van der Waals surface area contributed by atoms with E-state index in [1.807, 2.05) is 44.2 Å². The highest BCUT2D eigenvalue weighted by atomic mass is 16.5. The summed E-state index contributed by atoms with van der Waals surface area (Å²) in [5.41, 5.74) is 8.08. The molecule has 0 saturated carbocycles. The number of ether oxygens (including phenoxy) is 1. The predicted molar refractivity (Wildman–Crippen MR) is 80.0 cm³/mol. The number of pyridine rings is 1. The highest BCUT2D eigenvalue weighted by molar-refractivity contribution is 5.29. The minimum absolute atomic E-state index is 0.0219. The number of hydrogen-bond acceptors (Lipinski definition) is 3. The van der Waals surface area contributed by atoms with Crippen LogP contribution in [0.1, 0.15) is 24.1 Å². The van der Waals surface area contributed by atoms with Crippen molar-refractivity contribution in [2.24, 2.45) is 5.73 Å². The standard InChI is InChI=1S/C16H20N2O2/c1-3-20-14-6-4-13(5-7-14)15(17)11-18-9-8-12(2)10-16(18)19/h4-10,15H,3,11,17H2,1-2H3. The summed E-state index contributed by atoms with van der Waals surface area (Å²) in [5.74, 6) is 0.830. The average Bonchev–Trinajstić information content (AvgIpc) is 2.43. The van der Waals surface area contributed by atoms with Crippen LogP contribution in [0.2, 0.25) is 0 Å². The van der Waals surface area contributed by atoms with Crippen molar-refractivity contribution in [1.29, 1.82) is 0 Å². The molecule has 1 atom stereocenters. The summed E-state index contributed by atoms with van der Waals surface area (Å²) < 4.78 is 7.03. The molecule has 106 valence electrons. The minimum atomic E-state index is -0.217. The molecule has 0 aliphatic rings. The van der Waals surface area contributed by atoms with E-state index in [1.165, 1.54) is 0 Å². The summed E-state index contributed by atoms with van der Waals surface area (Å²) in [6.45, 7) is 4.96. The molecule has 1 unspecified atom stereocenters. The fourth-order valence-corrected chi connectivity index (χ4v) is 2.05. The van der Waals surface area contributed by atoms with Crippen molar-refractivity contribution in [2.75, 3.05) is 6.61 Å². The average molecular weight is 272 g/mol. The minimum Gasteiger partial charge on any atom is -0.494 e. The lowest BCUT2D eigenvalue weighted by Gasteiger charge is -2.14. The zero-order valence-electron chi connectivity index (χ0n) is 11.9. The molecule has 1 heterocycles. The van der Waals surface area contributed by atoms with Crippen LogP contribution in [0.3, 0.4) is 0 Å². The summed E-state index contributed by atoms with van der Waals surface area (Å²) in [5, 5.41) is 0. The first-order valence-corrected chi connectivity index (χ1v) is 6.75. The van der Waals surface area contributed by atoms with Crippen molar-refractivity contribution in [1.82, 2.24) is 4.57 Å². The third kappa shape index (κ3) is 3.48. The molecule has 2 aromatic rings. The van der Waals surface area contributed by atoms with Crippen LogP contribution in [0, 0.1) is 6.92 Å². The van der Waals surface area contributed by atoms with Gasteiger partial charge < -0.3 is 15.0 Å². The van der Waals surface area contributed by atoms with Crippen molar-refractivity contribution in [3.63, 3.8) is 0 Å². The van der Waals surface area contributed by atoms with E-state index in [1.54, 1.807) is 16.8 Å². The van der Waals surface area contributed by atoms with Gasteiger partial charge in [-0.2, -0.15) is 0 Å². The molecular formula is C16H20N2O2. The summed E-state index contributed by atoms with van der Waals surface area (Å²) >= 11 is 0. The van der Waals surface area contributed by atoms with E-state index in [0.717, 1.165) is 16.9 Å². The second kappa shape index (κ2) is 6.39. The maximum absolute atomic E-state index is 11.8. The van der Waals surface area contributed by atoms with Crippen LogP contribution in [-0.2, 0) is 6.54 Å². The Labute approximate surface area is 118 Å². The SMILES string of the molecule is CCOc1ccc(C(N)Cn2ccc(C)cc2=O)cc1. The highest BCUT2D eigenvalue weighted by Gasteiger charge is 2.08. The molecule has 0 saturated heterocycles. The Bertz CT molecular complexity index is 617. The molecule has 0 fully saturated rings. The van der Waals surface area contributed by atoms with Crippen molar-refractivity contribution in [2.45, 2.75) is 26.4 Å². The number of aromatic nitrogens is 1. The van der Waals surface area contributed by atoms with Crippen LogP contribution in [0.4, 0.5) is 0 Å². The highest BCUT2D eigenvalue weighted by Crippen LogP contribution is 2.17. The Morgan fingerprint density at radius 1 is 1.25 bits per heavy atom. The molecule has 4 heteroatoms. The zero-order chi connectivity index (χ0) is 14.5. The molecule has 0 radical (unpaired) electrons. The molecule has 2 N–H and O–H groups in total. The second-order valence-electron chi connectivity index (χ2n) is 4.80. The van der Waals surface area contributed by atoms with Gasteiger partial charge in [0.2, 0.25) is 0 Å². The maximum atomic E-state index is 11.8. The van der Waals surface area contributed by atoms with Crippen LogP contribution in [0.15, 0.2) is 47.4 Å². The Balaban J connectivity index is 2.11. The first-order chi connectivity index (χ1) is 9.60. The van der Waals surface area contributed by atoms with Gasteiger partial charge in [0, 0.05) is 24.8 Å². The van der Waals surface area contributed by atoms with Crippen LogP contribution < -0.4 is 16.0 Å². The van der Waals surface area contributed by atoms with Crippen molar-refractivity contribution >= 4 is 0 Å². The fraction of sp³-hybridized carbons (Fsp3) is 0.312. The van der Waals surface area contributed by atoms with E-state index in [4.69, 9.17) is 10.5 Å². The van der Waals surface area contributed by atoms with Gasteiger partial charge in [0.15, 0.2) is 0 Å². The normalized spacial score (nSPS) is 12.2. The number of benzene rings is 1. The molecule has 0 bridgehead atoms. The number of nitrogens with zero attached hydrogens (tertiary/aromatic N) is 1. The van der Waals surface area contributed by atoms with Gasteiger partial charge in [-0.05, 0) is 43.2 Å². The first kappa shape index (κ1) is 14.3. The zero-order valence-corrected chi connectivity index (χ0v) is 11.9. The van der Waals surface area contributed by atoms with Gasteiger partial charge in [-0.25, -0.2) is 0 Å². The molecule has 0 aliphatic heterocycles.